The molecule has 2 fully saturated rings. The maximum absolute atomic E-state index is 14.0. The molecule has 332 valence electrons. The topological polar surface area (TPSA) is 251 Å². The molecule has 5 N–H and O–H groups in total. The number of alkyl halides is 2. The Morgan fingerprint density at radius 1 is 0.919 bits per heavy atom. The monoisotopic (exact) mass is 883 g/mol. The van der Waals surface area contributed by atoms with Gasteiger partial charge in [-0.1, -0.05) is 11.6 Å². The average Bonchev–Trinajstić information content (AvgIpc) is 3.60. The van der Waals surface area contributed by atoms with E-state index >= 15 is 0 Å². The predicted octanol–water partition coefficient (Wildman–Crippen LogP) is 2.32. The van der Waals surface area contributed by atoms with Gasteiger partial charge in [0, 0.05) is 93.8 Å². The normalized spacial score (nSPS) is 16.5. The van der Waals surface area contributed by atoms with Crippen LogP contribution in [0, 0.1) is 13.8 Å². The minimum absolute atomic E-state index is 0.000369. The first-order chi connectivity index (χ1) is 29.9. The Morgan fingerprint density at radius 2 is 1.65 bits per heavy atom. The Kier molecular flexibility index (Phi) is 14.0. The van der Waals surface area contributed by atoms with Crippen molar-refractivity contribution in [3.63, 3.8) is 0 Å². The third-order valence-electron chi connectivity index (χ3n) is 10.6. The molecule has 1 atom stereocenters. The standard InChI is InChI=1S/C38H48ClF2N15O6/c1-21-17-45-25(22(2)29(21)59-3)20-56-19-23(27-30(39)48-35(43)51-33(27)56)16-26(57)44-4-11-60-14-15-62-38(58)55-7-5-53(6-8-55)36-49-32(24-18-46-34(42)47-28(24)31(40)41)50-37(52-36)54-9-12-61-13-10-54/h17-18,23,31H,4-16,19-20H2,1-3H3,(H,44,57)(H2,42,46,47)(H2,43,48,51)/t23-/m0/s1. The lowest BCUT2D eigenvalue weighted by Crippen LogP contribution is -2.49. The molecule has 24 heteroatoms. The van der Waals surface area contributed by atoms with Gasteiger partial charge in [0.05, 0.1) is 51.3 Å². The Morgan fingerprint density at radius 3 is 2.35 bits per heavy atom. The number of pyridine rings is 1. The van der Waals surface area contributed by atoms with Crippen molar-refractivity contribution < 1.29 is 37.3 Å². The Hall–Kier alpha value is -6.07. The molecule has 2 saturated heterocycles. The highest BCUT2D eigenvalue weighted by molar-refractivity contribution is 6.30. The van der Waals surface area contributed by atoms with Crippen LogP contribution < -0.4 is 36.2 Å². The molecule has 0 radical (unpaired) electrons. The molecule has 0 saturated carbocycles. The van der Waals surface area contributed by atoms with Crippen molar-refractivity contribution in [2.75, 3.05) is 119 Å². The first kappa shape index (κ1) is 44.0. The highest BCUT2D eigenvalue weighted by Gasteiger charge is 2.36. The molecule has 7 rings (SSSR count). The molecule has 3 aliphatic heterocycles. The molecular weight excluding hydrogens is 836 g/mol. The fourth-order valence-corrected chi connectivity index (χ4v) is 7.82. The molecule has 4 aromatic heterocycles. The summed E-state index contributed by atoms with van der Waals surface area (Å²) in [7, 11) is 1.62. The number of aryl methyl sites for hydroxylation is 1. The number of anilines is 5. The number of carbonyl (C=O) groups is 2. The van der Waals surface area contributed by atoms with E-state index in [0.29, 0.717) is 69.8 Å². The molecule has 0 unspecified atom stereocenters. The van der Waals surface area contributed by atoms with Crippen molar-refractivity contribution >= 4 is 53.2 Å². The van der Waals surface area contributed by atoms with Crippen LogP contribution in [0.5, 0.6) is 5.75 Å². The smallest absolute Gasteiger partial charge is 0.409 e. The molecule has 2 amide bonds. The Bertz CT molecular complexity index is 2250. The number of nitrogen functional groups attached to an aromatic ring is 2. The van der Waals surface area contributed by atoms with Gasteiger partial charge in [-0.2, -0.15) is 19.9 Å². The zero-order valence-electron chi connectivity index (χ0n) is 34.5. The van der Waals surface area contributed by atoms with Crippen molar-refractivity contribution in [1.29, 1.82) is 0 Å². The summed E-state index contributed by atoms with van der Waals surface area (Å²) in [6.07, 6.45) is -0.388. The number of fused-ring (bicyclic) bond motifs is 1. The summed E-state index contributed by atoms with van der Waals surface area (Å²) in [5.74, 6) is 1.11. The van der Waals surface area contributed by atoms with E-state index in [1.54, 1.807) is 18.2 Å². The fraction of sp³-hybridized carbons (Fsp3) is 0.526. The number of nitrogens with zero attached hydrogens (tertiary/aromatic N) is 12. The van der Waals surface area contributed by atoms with Gasteiger partial charge in [-0.15, -0.1) is 0 Å². The number of carbonyl (C=O) groups excluding carboxylic acids is 2. The lowest BCUT2D eigenvalue weighted by Gasteiger charge is -2.34. The number of rotatable bonds is 15. The van der Waals surface area contributed by atoms with Gasteiger partial charge in [0.1, 0.15) is 29.0 Å². The number of ether oxygens (including phenoxy) is 4. The average molecular weight is 884 g/mol. The second-order valence-electron chi connectivity index (χ2n) is 14.7. The fourth-order valence-electron chi connectivity index (χ4n) is 7.50. The van der Waals surface area contributed by atoms with Gasteiger partial charge in [-0.3, -0.25) is 9.78 Å². The maximum atomic E-state index is 14.0. The molecule has 0 bridgehead atoms. The van der Waals surface area contributed by atoms with E-state index < -0.39 is 18.2 Å². The zero-order chi connectivity index (χ0) is 43.9. The number of hydrogen-bond acceptors (Lipinski definition) is 19. The first-order valence-electron chi connectivity index (χ1n) is 20.0. The van der Waals surface area contributed by atoms with Gasteiger partial charge < -0.3 is 55.3 Å². The molecule has 0 aliphatic carbocycles. The van der Waals surface area contributed by atoms with Crippen molar-refractivity contribution in [1.82, 2.24) is 50.1 Å². The van der Waals surface area contributed by atoms with Gasteiger partial charge in [0.2, 0.25) is 29.7 Å². The van der Waals surface area contributed by atoms with E-state index in [0.717, 1.165) is 22.6 Å². The molecule has 0 aromatic carbocycles. The quantitative estimate of drug-likeness (QED) is 0.114. The van der Waals surface area contributed by atoms with Crippen molar-refractivity contribution in [3.05, 3.63) is 45.6 Å². The van der Waals surface area contributed by atoms with Crippen LogP contribution in [0.3, 0.4) is 0 Å². The number of nitrogens with one attached hydrogen (secondary N) is 1. The summed E-state index contributed by atoms with van der Waals surface area (Å²) in [6, 6.07) is 0. The first-order valence-corrected chi connectivity index (χ1v) is 20.4. The highest BCUT2D eigenvalue weighted by atomic mass is 35.5. The summed E-state index contributed by atoms with van der Waals surface area (Å²) in [6.45, 7) is 8.46. The van der Waals surface area contributed by atoms with Crippen molar-refractivity contribution in [2.45, 2.75) is 39.2 Å². The minimum Gasteiger partial charge on any atom is -0.496 e. The van der Waals surface area contributed by atoms with E-state index in [9.17, 15) is 18.4 Å². The predicted molar refractivity (Wildman–Crippen MR) is 222 cm³/mol. The maximum Gasteiger partial charge on any atom is 0.409 e. The third kappa shape index (κ3) is 10.2. The number of piperazine rings is 1. The molecule has 7 heterocycles. The van der Waals surface area contributed by atoms with Crippen LogP contribution in [0.4, 0.5) is 43.2 Å². The van der Waals surface area contributed by atoms with Crippen molar-refractivity contribution in [3.8, 4) is 17.1 Å². The Balaban J connectivity index is 0.853. The van der Waals surface area contributed by atoms with Gasteiger partial charge in [0.25, 0.3) is 6.43 Å². The van der Waals surface area contributed by atoms with Crippen LogP contribution in [0.25, 0.3) is 11.4 Å². The van der Waals surface area contributed by atoms with Crippen LogP contribution in [0.2, 0.25) is 5.15 Å². The summed E-state index contributed by atoms with van der Waals surface area (Å²) >= 11 is 6.55. The van der Waals surface area contributed by atoms with Gasteiger partial charge in [0.15, 0.2) is 5.82 Å². The number of aromatic nitrogens is 8. The highest BCUT2D eigenvalue weighted by Crippen LogP contribution is 2.42. The van der Waals surface area contributed by atoms with E-state index in [-0.39, 0.29) is 92.1 Å². The number of hydrogen-bond donors (Lipinski definition) is 3. The summed E-state index contributed by atoms with van der Waals surface area (Å²) in [5, 5.41) is 3.07. The van der Waals surface area contributed by atoms with Gasteiger partial charge >= 0.3 is 6.09 Å². The zero-order valence-corrected chi connectivity index (χ0v) is 35.3. The van der Waals surface area contributed by atoms with Crippen LogP contribution >= 0.6 is 11.6 Å². The van der Waals surface area contributed by atoms with Gasteiger partial charge in [-0.05, 0) is 13.8 Å². The van der Waals surface area contributed by atoms with Crippen LogP contribution in [0.1, 0.15) is 46.8 Å². The van der Waals surface area contributed by atoms with Crippen LogP contribution in [0.15, 0.2) is 12.4 Å². The minimum atomic E-state index is -2.94. The van der Waals surface area contributed by atoms with Crippen molar-refractivity contribution in [2.24, 2.45) is 0 Å². The summed E-state index contributed by atoms with van der Waals surface area (Å²) in [4.78, 5) is 67.8. The largest absolute Gasteiger partial charge is 0.496 e. The van der Waals surface area contributed by atoms with E-state index in [2.05, 4.69) is 45.2 Å². The number of halogens is 3. The Labute approximate surface area is 360 Å². The molecular formula is C38H48ClF2N15O6. The molecule has 0 spiro atoms. The van der Waals surface area contributed by atoms with E-state index in [1.165, 1.54) is 6.20 Å². The molecule has 4 aromatic rings. The SMILES string of the molecule is COc1c(C)cnc(CN2C[C@H](CC(=O)NCCOCCOC(=O)N3CCN(c4nc(-c5cnc(N)nc5C(F)F)nc(N5CCOCC5)n4)CC3)c3c(Cl)nc(N)nc32)c1C. The second-order valence-corrected chi connectivity index (χ2v) is 15.0. The number of morpholine rings is 1. The summed E-state index contributed by atoms with van der Waals surface area (Å²) < 4.78 is 50.1. The van der Waals surface area contributed by atoms with E-state index in [4.69, 9.17) is 42.0 Å². The third-order valence-corrected chi connectivity index (χ3v) is 10.9. The lowest BCUT2D eigenvalue weighted by atomic mass is 10.00. The molecule has 21 nitrogen and oxygen atoms in total. The number of methoxy groups -OCH3 is 1. The number of amides is 2. The second kappa shape index (κ2) is 19.8. The van der Waals surface area contributed by atoms with Crippen LogP contribution in [-0.2, 0) is 25.5 Å². The number of nitrogens with two attached hydrogens (primary N) is 2. The van der Waals surface area contributed by atoms with E-state index in [1.807, 2.05) is 28.5 Å². The lowest BCUT2D eigenvalue weighted by molar-refractivity contribution is -0.121. The molecule has 3 aliphatic rings. The van der Waals surface area contributed by atoms with Gasteiger partial charge in [-0.25, -0.2) is 28.5 Å². The van der Waals surface area contributed by atoms with Crippen LogP contribution in [-0.4, -0.2) is 149 Å². The molecule has 62 heavy (non-hydrogen) atoms. The summed E-state index contributed by atoms with van der Waals surface area (Å²) in [5.41, 5.74) is 14.2.